The second kappa shape index (κ2) is 4.57. The van der Waals surface area contributed by atoms with Crippen molar-refractivity contribution in [1.82, 2.24) is 0 Å². The molecule has 19 heavy (non-hydrogen) atoms. The van der Waals surface area contributed by atoms with Crippen LogP contribution in [0.2, 0.25) is 0 Å². The zero-order chi connectivity index (χ0) is 14.2. The molecule has 1 atom stereocenters. The molecule has 1 saturated heterocycles. The van der Waals surface area contributed by atoms with Gasteiger partial charge in [-0.1, -0.05) is 0 Å². The van der Waals surface area contributed by atoms with Crippen molar-refractivity contribution in [3.63, 3.8) is 0 Å². The Morgan fingerprint density at radius 2 is 2.26 bits per heavy atom. The molecule has 1 aliphatic heterocycles. The van der Waals surface area contributed by atoms with Gasteiger partial charge in [-0.25, -0.2) is 0 Å². The number of carbonyl (C=O) groups is 1. The molecule has 1 heterocycles. The molecule has 2 N–H and O–H groups in total. The predicted octanol–water partition coefficient (Wildman–Crippen LogP) is 1.30. The molecule has 0 saturated carbocycles. The molecule has 0 aromatic heterocycles. The fourth-order valence-corrected chi connectivity index (χ4v) is 1.99. The topological polar surface area (TPSA) is 89.5 Å². The first-order valence-electron chi connectivity index (χ1n) is 5.44. The molecule has 98 valence electrons. The van der Waals surface area contributed by atoms with Crippen LogP contribution >= 0.6 is 0 Å². The molecule has 7 heteroatoms. The largest absolute Gasteiger partial charge is 0.397 e. The maximum absolute atomic E-state index is 13.4. The standard InChI is InChI=1S/C12H10FN3O3/c1-2-7-3-12(17)15(6-7)11-5-10(16(18)19)8(13)4-9(11)14/h1,4-5,7H,3,6,14H2. The van der Waals surface area contributed by atoms with Gasteiger partial charge < -0.3 is 10.6 Å². The van der Waals surface area contributed by atoms with Crippen LogP contribution in [0.3, 0.4) is 0 Å². The van der Waals surface area contributed by atoms with E-state index < -0.39 is 16.4 Å². The minimum atomic E-state index is -1.04. The summed E-state index contributed by atoms with van der Waals surface area (Å²) in [6, 6.07) is 1.80. The normalized spacial score (nSPS) is 18.4. The van der Waals surface area contributed by atoms with Gasteiger partial charge in [-0.05, 0) is 0 Å². The summed E-state index contributed by atoms with van der Waals surface area (Å²) < 4.78 is 13.4. The van der Waals surface area contributed by atoms with Crippen LogP contribution in [-0.2, 0) is 4.79 Å². The molecule has 6 nitrogen and oxygen atoms in total. The lowest BCUT2D eigenvalue weighted by Crippen LogP contribution is -2.25. The second-order valence-electron chi connectivity index (χ2n) is 4.19. The number of nitrogens with two attached hydrogens (primary N) is 1. The van der Waals surface area contributed by atoms with Gasteiger partial charge in [0, 0.05) is 31.0 Å². The van der Waals surface area contributed by atoms with Crippen LogP contribution in [0, 0.1) is 34.2 Å². The Kier molecular flexibility index (Phi) is 3.09. The maximum Gasteiger partial charge on any atom is 0.307 e. The number of hydrogen-bond acceptors (Lipinski definition) is 4. The Bertz CT molecular complexity index is 609. The van der Waals surface area contributed by atoms with E-state index in [4.69, 9.17) is 12.2 Å². The van der Waals surface area contributed by atoms with Crippen molar-refractivity contribution in [3.8, 4) is 12.3 Å². The highest BCUT2D eigenvalue weighted by Gasteiger charge is 2.32. The van der Waals surface area contributed by atoms with Crippen LogP contribution < -0.4 is 10.6 Å². The van der Waals surface area contributed by atoms with E-state index in [1.54, 1.807) is 0 Å². The summed E-state index contributed by atoms with van der Waals surface area (Å²) in [5.41, 5.74) is 4.98. The third-order valence-electron chi connectivity index (χ3n) is 2.94. The molecule has 1 amide bonds. The molecule has 0 spiro atoms. The second-order valence-corrected chi connectivity index (χ2v) is 4.19. The fourth-order valence-electron chi connectivity index (χ4n) is 1.99. The smallest absolute Gasteiger partial charge is 0.307 e. The Hall–Kier alpha value is -2.62. The van der Waals surface area contributed by atoms with E-state index in [1.165, 1.54) is 4.90 Å². The van der Waals surface area contributed by atoms with Gasteiger partial charge >= 0.3 is 5.69 Å². The first kappa shape index (κ1) is 12.8. The van der Waals surface area contributed by atoms with E-state index >= 15 is 0 Å². The summed E-state index contributed by atoms with van der Waals surface area (Å²) in [6.07, 6.45) is 5.40. The third-order valence-corrected chi connectivity index (χ3v) is 2.94. The summed E-state index contributed by atoms with van der Waals surface area (Å²) in [4.78, 5) is 22.9. The average molecular weight is 263 g/mol. The van der Waals surface area contributed by atoms with Gasteiger partial charge in [-0.3, -0.25) is 14.9 Å². The molecule has 0 bridgehead atoms. The molecular weight excluding hydrogens is 253 g/mol. The van der Waals surface area contributed by atoms with Crippen molar-refractivity contribution in [3.05, 3.63) is 28.1 Å². The lowest BCUT2D eigenvalue weighted by molar-refractivity contribution is -0.387. The van der Waals surface area contributed by atoms with E-state index in [0.717, 1.165) is 12.1 Å². The summed E-state index contributed by atoms with van der Waals surface area (Å²) in [5.74, 6) is 0.866. The van der Waals surface area contributed by atoms with Gasteiger partial charge in [0.2, 0.25) is 11.7 Å². The van der Waals surface area contributed by atoms with Gasteiger partial charge in [-0.15, -0.1) is 12.3 Å². The van der Waals surface area contributed by atoms with Crippen LogP contribution in [0.5, 0.6) is 0 Å². The van der Waals surface area contributed by atoms with Gasteiger partial charge in [-0.2, -0.15) is 4.39 Å². The summed E-state index contributed by atoms with van der Waals surface area (Å²) in [6.45, 7) is 0.225. The lowest BCUT2D eigenvalue weighted by Gasteiger charge is -2.18. The summed E-state index contributed by atoms with van der Waals surface area (Å²) >= 11 is 0. The Morgan fingerprint density at radius 1 is 1.58 bits per heavy atom. The van der Waals surface area contributed by atoms with Crippen molar-refractivity contribution in [1.29, 1.82) is 0 Å². The zero-order valence-corrected chi connectivity index (χ0v) is 9.80. The number of nitrogen functional groups attached to an aromatic ring is 1. The number of terminal acetylenes is 1. The number of amides is 1. The number of nitro benzene ring substituents is 1. The quantitative estimate of drug-likeness (QED) is 0.377. The van der Waals surface area contributed by atoms with E-state index in [2.05, 4.69) is 5.92 Å². The predicted molar refractivity (Wildman–Crippen MR) is 66.8 cm³/mol. The van der Waals surface area contributed by atoms with Crippen molar-refractivity contribution in [2.45, 2.75) is 6.42 Å². The number of benzene rings is 1. The molecule has 1 aromatic carbocycles. The minimum Gasteiger partial charge on any atom is -0.397 e. The van der Waals surface area contributed by atoms with Gasteiger partial charge in [0.05, 0.1) is 16.3 Å². The number of rotatable bonds is 2. The van der Waals surface area contributed by atoms with Crippen molar-refractivity contribution >= 4 is 23.0 Å². The van der Waals surface area contributed by atoms with Crippen molar-refractivity contribution < 1.29 is 14.1 Å². The number of halogens is 1. The Morgan fingerprint density at radius 3 is 2.79 bits per heavy atom. The Balaban J connectivity index is 2.46. The first-order valence-corrected chi connectivity index (χ1v) is 5.44. The number of nitro groups is 1. The van der Waals surface area contributed by atoms with Gasteiger partial charge in [0.1, 0.15) is 0 Å². The Labute approximate surface area is 108 Å². The first-order chi connectivity index (χ1) is 8.93. The number of carbonyl (C=O) groups excluding carboxylic acids is 1. The molecule has 1 aliphatic rings. The SMILES string of the molecule is C#CC1CC(=O)N(c2cc([N+](=O)[O-])c(F)cc2N)C1. The highest BCUT2D eigenvalue weighted by molar-refractivity contribution is 5.99. The summed E-state index contributed by atoms with van der Waals surface area (Å²) in [7, 11) is 0. The molecular formula is C12H10FN3O3. The molecule has 0 radical (unpaired) electrons. The molecule has 1 unspecified atom stereocenters. The molecule has 0 aliphatic carbocycles. The van der Waals surface area contributed by atoms with Crippen LogP contribution in [0.4, 0.5) is 21.5 Å². The average Bonchev–Trinajstić information content (AvgIpc) is 2.70. The monoisotopic (exact) mass is 263 g/mol. The lowest BCUT2D eigenvalue weighted by atomic mass is 10.1. The van der Waals surface area contributed by atoms with Crippen molar-refractivity contribution in [2.75, 3.05) is 17.2 Å². The highest BCUT2D eigenvalue weighted by atomic mass is 19.1. The van der Waals surface area contributed by atoms with E-state index in [1.807, 2.05) is 0 Å². The van der Waals surface area contributed by atoms with E-state index in [0.29, 0.717) is 0 Å². The zero-order valence-electron chi connectivity index (χ0n) is 9.80. The number of nitrogens with zero attached hydrogens (tertiary/aromatic N) is 2. The van der Waals surface area contributed by atoms with Crippen LogP contribution in [0.15, 0.2) is 12.1 Å². The van der Waals surface area contributed by atoms with Crippen LogP contribution in [-0.4, -0.2) is 17.4 Å². The summed E-state index contributed by atoms with van der Waals surface area (Å²) in [5, 5.41) is 10.7. The number of anilines is 2. The third kappa shape index (κ3) is 2.20. The molecule has 1 aromatic rings. The highest BCUT2D eigenvalue weighted by Crippen LogP contribution is 2.34. The fraction of sp³-hybridized carbons (Fsp3) is 0.250. The van der Waals surface area contributed by atoms with Gasteiger partial charge in [0.25, 0.3) is 0 Å². The minimum absolute atomic E-state index is 0.0332. The van der Waals surface area contributed by atoms with Crippen LogP contribution in [0.1, 0.15) is 6.42 Å². The van der Waals surface area contributed by atoms with Crippen LogP contribution in [0.25, 0.3) is 0 Å². The van der Waals surface area contributed by atoms with E-state index in [9.17, 15) is 19.3 Å². The molecule has 1 fully saturated rings. The van der Waals surface area contributed by atoms with Gasteiger partial charge in [0.15, 0.2) is 0 Å². The number of hydrogen-bond donors (Lipinski definition) is 1. The van der Waals surface area contributed by atoms with Crippen molar-refractivity contribution in [2.24, 2.45) is 5.92 Å². The molecule has 2 rings (SSSR count). The van der Waals surface area contributed by atoms with E-state index in [-0.39, 0.29) is 36.2 Å². The maximum atomic E-state index is 13.4.